The zero-order chi connectivity index (χ0) is 28.4. The van der Waals surface area contributed by atoms with E-state index in [1.807, 2.05) is 0 Å². The Kier molecular flexibility index (Phi) is 7.51. The van der Waals surface area contributed by atoms with E-state index >= 15 is 4.39 Å². The summed E-state index contributed by atoms with van der Waals surface area (Å²) in [4.78, 5) is 22.3. The highest BCUT2D eigenvalue weighted by atomic mass is 19.4. The fourth-order valence-corrected chi connectivity index (χ4v) is 4.55. The van der Waals surface area contributed by atoms with Gasteiger partial charge < -0.3 is 20.9 Å². The first-order valence-corrected chi connectivity index (χ1v) is 12.1. The Morgan fingerprint density at radius 3 is 2.60 bits per heavy atom. The van der Waals surface area contributed by atoms with Crippen molar-refractivity contribution in [1.82, 2.24) is 24.5 Å². The van der Waals surface area contributed by atoms with Crippen molar-refractivity contribution >= 4 is 28.9 Å². The number of carbonyl (C=O) groups excluding carboxylic acids is 1. The van der Waals surface area contributed by atoms with Crippen LogP contribution in [0.5, 0.6) is 0 Å². The van der Waals surface area contributed by atoms with Gasteiger partial charge in [-0.15, -0.1) is 0 Å². The lowest BCUT2D eigenvalue weighted by Gasteiger charge is -2.26. The Bertz CT molecular complexity index is 1550. The van der Waals surface area contributed by atoms with Crippen LogP contribution in [0.4, 0.5) is 39.7 Å². The predicted octanol–water partition coefficient (Wildman–Crippen LogP) is 3.50. The number of pyridine rings is 1. The van der Waals surface area contributed by atoms with Gasteiger partial charge in [-0.05, 0) is 29.8 Å². The van der Waals surface area contributed by atoms with Crippen LogP contribution < -0.4 is 16.4 Å². The number of halogens is 4. The molecule has 0 radical (unpaired) electrons. The molecular formula is C25H24F4N8O3. The quantitative estimate of drug-likeness (QED) is 0.263. The Labute approximate surface area is 224 Å². The summed E-state index contributed by atoms with van der Waals surface area (Å²) in [7, 11) is 0. The molecular weight excluding hydrogens is 536 g/mol. The highest BCUT2D eigenvalue weighted by Crippen LogP contribution is 2.37. The molecule has 11 nitrogen and oxygen atoms in total. The Balaban J connectivity index is 1.44. The van der Waals surface area contributed by atoms with Gasteiger partial charge in [-0.25, -0.2) is 23.7 Å². The zero-order valence-corrected chi connectivity index (χ0v) is 20.9. The maximum Gasteiger partial charge on any atom is 0.416 e. The topological polar surface area (TPSA) is 143 Å². The molecule has 1 saturated heterocycles. The van der Waals surface area contributed by atoms with Gasteiger partial charge in [0.05, 0.1) is 36.8 Å². The molecule has 0 unspecified atom stereocenters. The van der Waals surface area contributed by atoms with Gasteiger partial charge in [-0.2, -0.15) is 18.3 Å². The summed E-state index contributed by atoms with van der Waals surface area (Å²) in [6, 6.07) is 4.38. The number of urea groups is 1. The van der Waals surface area contributed by atoms with E-state index in [4.69, 9.17) is 10.5 Å². The molecule has 0 saturated carbocycles. The van der Waals surface area contributed by atoms with Crippen molar-refractivity contribution in [3.8, 4) is 11.1 Å². The smallest absolute Gasteiger partial charge is 0.392 e. The summed E-state index contributed by atoms with van der Waals surface area (Å²) >= 11 is 0. The normalized spacial score (nSPS) is 14.4. The number of amides is 2. The number of aliphatic hydroxyl groups excluding tert-OH is 1. The molecule has 0 aliphatic carbocycles. The molecule has 5 N–H and O–H groups in total. The first-order valence-electron chi connectivity index (χ1n) is 12.1. The third-order valence-corrected chi connectivity index (χ3v) is 6.43. The Morgan fingerprint density at radius 2 is 1.90 bits per heavy atom. The fourth-order valence-electron chi connectivity index (χ4n) is 4.55. The SMILES string of the molecule is Nc1ncnn2c(CN3CCOCC3)c(CO)c(-c3ccc(NC(=O)Nc4cc(C(F)(F)F)ccn4)c(F)c3)c12. The van der Waals surface area contributed by atoms with E-state index in [0.29, 0.717) is 66.8 Å². The number of morpholine rings is 1. The number of anilines is 3. The first kappa shape index (κ1) is 27.2. The van der Waals surface area contributed by atoms with Crippen LogP contribution in [0.15, 0.2) is 42.9 Å². The van der Waals surface area contributed by atoms with Crippen LogP contribution in [0.3, 0.4) is 0 Å². The molecule has 4 heterocycles. The van der Waals surface area contributed by atoms with Gasteiger partial charge in [-0.1, -0.05) is 6.07 Å². The van der Waals surface area contributed by atoms with Crippen LogP contribution in [0.1, 0.15) is 16.8 Å². The summed E-state index contributed by atoms with van der Waals surface area (Å²) in [5, 5.41) is 19.1. The fraction of sp³-hybridized carbons (Fsp3) is 0.280. The lowest BCUT2D eigenvalue weighted by atomic mass is 10.0. The lowest BCUT2D eigenvalue weighted by Crippen LogP contribution is -2.36. The van der Waals surface area contributed by atoms with Gasteiger partial charge >= 0.3 is 12.2 Å². The van der Waals surface area contributed by atoms with Crippen molar-refractivity contribution in [2.75, 3.05) is 42.7 Å². The molecule has 3 aromatic heterocycles. The number of benzene rings is 1. The monoisotopic (exact) mass is 560 g/mol. The van der Waals surface area contributed by atoms with Crippen LogP contribution in [-0.2, 0) is 24.1 Å². The first-order chi connectivity index (χ1) is 19.2. The van der Waals surface area contributed by atoms with Gasteiger partial charge in [0, 0.05) is 37.0 Å². The number of aliphatic hydroxyl groups is 1. The Morgan fingerprint density at radius 1 is 1.12 bits per heavy atom. The maximum atomic E-state index is 15.2. The van der Waals surface area contributed by atoms with Gasteiger partial charge in [0.15, 0.2) is 5.82 Å². The third kappa shape index (κ3) is 5.52. The molecule has 4 aromatic rings. The van der Waals surface area contributed by atoms with Crippen molar-refractivity contribution in [1.29, 1.82) is 0 Å². The van der Waals surface area contributed by atoms with E-state index in [1.165, 1.54) is 18.5 Å². The molecule has 40 heavy (non-hydrogen) atoms. The average molecular weight is 561 g/mol. The molecule has 1 aliphatic heterocycles. The maximum absolute atomic E-state index is 15.2. The number of nitrogen functional groups attached to an aromatic ring is 1. The number of fused-ring (bicyclic) bond motifs is 1. The number of nitrogens with one attached hydrogen (secondary N) is 2. The molecule has 0 atom stereocenters. The largest absolute Gasteiger partial charge is 0.416 e. The number of alkyl halides is 3. The molecule has 15 heteroatoms. The number of ether oxygens (including phenoxy) is 1. The average Bonchev–Trinajstić information content (AvgIpc) is 3.24. The molecule has 1 fully saturated rings. The number of hydrogen-bond donors (Lipinski definition) is 4. The van der Waals surface area contributed by atoms with Crippen LogP contribution in [0, 0.1) is 5.82 Å². The minimum atomic E-state index is -4.62. The summed E-state index contributed by atoms with van der Waals surface area (Å²) in [6.07, 6.45) is -2.43. The van der Waals surface area contributed by atoms with E-state index in [2.05, 4.69) is 30.6 Å². The highest BCUT2D eigenvalue weighted by Gasteiger charge is 2.31. The van der Waals surface area contributed by atoms with Crippen LogP contribution in [0.2, 0.25) is 0 Å². The second-order valence-corrected chi connectivity index (χ2v) is 8.95. The van der Waals surface area contributed by atoms with Crippen molar-refractivity contribution in [2.24, 2.45) is 0 Å². The van der Waals surface area contributed by atoms with E-state index < -0.39 is 23.6 Å². The van der Waals surface area contributed by atoms with Crippen molar-refractivity contribution < 1.29 is 32.2 Å². The van der Waals surface area contributed by atoms with Gasteiger partial charge in [0.1, 0.15) is 23.5 Å². The third-order valence-electron chi connectivity index (χ3n) is 6.43. The molecule has 210 valence electrons. The highest BCUT2D eigenvalue weighted by molar-refractivity contribution is 5.99. The predicted molar refractivity (Wildman–Crippen MR) is 137 cm³/mol. The number of rotatable bonds is 6. The number of aromatic nitrogens is 4. The summed E-state index contributed by atoms with van der Waals surface area (Å²) in [5.41, 5.74) is 7.29. The molecule has 1 aromatic carbocycles. The van der Waals surface area contributed by atoms with Crippen molar-refractivity contribution in [2.45, 2.75) is 19.3 Å². The van der Waals surface area contributed by atoms with Gasteiger partial charge in [0.25, 0.3) is 0 Å². The van der Waals surface area contributed by atoms with Crippen LogP contribution >= 0.6 is 0 Å². The molecule has 1 aliphatic rings. The van der Waals surface area contributed by atoms with Gasteiger partial charge in [-0.3, -0.25) is 10.2 Å². The van der Waals surface area contributed by atoms with Gasteiger partial charge in [0.2, 0.25) is 0 Å². The number of hydrogen-bond acceptors (Lipinski definition) is 8. The second kappa shape index (κ2) is 11.0. The number of nitrogens with zero attached hydrogens (tertiary/aromatic N) is 5. The van der Waals surface area contributed by atoms with E-state index in [1.54, 1.807) is 4.52 Å². The standard InChI is InChI=1S/C25H24F4N8O3/c26-17-9-14(1-2-18(17)34-24(39)35-20-10-15(3-4-31-20)25(27,28)29)21-16(12-38)19(11-36-5-7-40-8-6-36)37-22(21)23(30)32-13-33-37/h1-4,9-10,13,38H,5-8,11-12H2,(H2,30,32,33)(H2,31,34,35,39). The minimum absolute atomic E-state index is 0.128. The summed E-state index contributed by atoms with van der Waals surface area (Å²) in [6.45, 7) is 2.55. The van der Waals surface area contributed by atoms with Crippen LogP contribution in [0.25, 0.3) is 16.6 Å². The molecule has 2 amide bonds. The summed E-state index contributed by atoms with van der Waals surface area (Å²) in [5.74, 6) is -1.07. The van der Waals surface area contributed by atoms with E-state index in [9.17, 15) is 23.1 Å². The van der Waals surface area contributed by atoms with E-state index in [0.717, 1.165) is 18.3 Å². The lowest BCUT2D eigenvalue weighted by molar-refractivity contribution is -0.137. The van der Waals surface area contributed by atoms with Crippen molar-refractivity contribution in [3.05, 3.63) is 65.5 Å². The van der Waals surface area contributed by atoms with E-state index in [-0.39, 0.29) is 23.9 Å². The molecule has 0 bridgehead atoms. The summed E-state index contributed by atoms with van der Waals surface area (Å²) < 4.78 is 61.0. The van der Waals surface area contributed by atoms with Crippen molar-refractivity contribution in [3.63, 3.8) is 0 Å². The number of carbonyl (C=O) groups is 1. The zero-order valence-electron chi connectivity index (χ0n) is 20.9. The number of nitrogens with two attached hydrogens (primary N) is 1. The van der Waals surface area contributed by atoms with Crippen LogP contribution in [-0.4, -0.2) is 61.9 Å². The Hall–Kier alpha value is -4.34. The molecule has 0 spiro atoms. The molecule has 5 rings (SSSR count). The second-order valence-electron chi connectivity index (χ2n) is 8.95. The minimum Gasteiger partial charge on any atom is -0.392 e.